The van der Waals surface area contributed by atoms with Gasteiger partial charge >= 0.3 is 0 Å². The summed E-state index contributed by atoms with van der Waals surface area (Å²) in [7, 11) is -0.841. The van der Waals surface area contributed by atoms with Crippen LogP contribution >= 0.6 is 11.3 Å². The van der Waals surface area contributed by atoms with E-state index in [1.54, 1.807) is 11.3 Å². The molecule has 0 bridgehead atoms. The summed E-state index contributed by atoms with van der Waals surface area (Å²) in [6, 6.07) is 1.93. The van der Waals surface area contributed by atoms with Gasteiger partial charge in [0.1, 0.15) is 6.17 Å². The van der Waals surface area contributed by atoms with Crippen LogP contribution in [-0.2, 0) is 15.6 Å². The summed E-state index contributed by atoms with van der Waals surface area (Å²) in [6.45, 7) is 6.73. The van der Waals surface area contributed by atoms with Crippen molar-refractivity contribution in [2.24, 2.45) is 5.92 Å². The van der Waals surface area contributed by atoms with Crippen molar-refractivity contribution in [3.63, 3.8) is 0 Å². The highest BCUT2D eigenvalue weighted by Crippen LogP contribution is 2.28. The zero-order chi connectivity index (χ0) is 15.4. The SMILES string of the molecule is CCS(=O)CCN1C(=O)C(CC(C)C)NC1c1ccsc1. The molecule has 2 heterocycles. The molecule has 4 nitrogen and oxygen atoms in total. The van der Waals surface area contributed by atoms with E-state index in [4.69, 9.17) is 0 Å². The number of hydrogen-bond donors (Lipinski definition) is 1. The van der Waals surface area contributed by atoms with Crippen molar-refractivity contribution >= 4 is 28.0 Å². The first-order valence-electron chi connectivity index (χ1n) is 7.46. The van der Waals surface area contributed by atoms with Gasteiger partial charge < -0.3 is 4.90 Å². The van der Waals surface area contributed by atoms with Crippen molar-refractivity contribution in [1.29, 1.82) is 0 Å². The minimum absolute atomic E-state index is 0.0682. The molecule has 1 saturated heterocycles. The highest BCUT2D eigenvalue weighted by molar-refractivity contribution is 7.84. The van der Waals surface area contributed by atoms with E-state index in [2.05, 4.69) is 30.6 Å². The molecule has 1 amide bonds. The molecule has 0 aromatic carbocycles. The topological polar surface area (TPSA) is 49.4 Å². The summed E-state index contributed by atoms with van der Waals surface area (Å²) < 4.78 is 11.7. The first kappa shape index (κ1) is 16.6. The number of nitrogens with zero attached hydrogens (tertiary/aromatic N) is 1. The Kier molecular flexibility index (Phi) is 5.96. The lowest BCUT2D eigenvalue weighted by molar-refractivity contribution is -0.130. The van der Waals surface area contributed by atoms with Gasteiger partial charge in [0.25, 0.3) is 0 Å². The molecule has 3 unspecified atom stereocenters. The molecular weight excluding hydrogens is 304 g/mol. The lowest BCUT2D eigenvalue weighted by Gasteiger charge is -2.23. The van der Waals surface area contributed by atoms with Crippen LogP contribution in [0, 0.1) is 5.92 Å². The summed E-state index contributed by atoms with van der Waals surface area (Å²) in [5, 5.41) is 7.55. The normalized spacial score (nSPS) is 24.0. The average Bonchev–Trinajstić information content (AvgIpc) is 3.05. The molecule has 118 valence electrons. The Bertz CT molecular complexity index is 488. The molecule has 1 fully saturated rings. The van der Waals surface area contributed by atoms with Crippen LogP contribution in [0.5, 0.6) is 0 Å². The van der Waals surface area contributed by atoms with Gasteiger partial charge in [0.05, 0.1) is 6.04 Å². The Labute approximate surface area is 133 Å². The molecular formula is C15H24N2O2S2. The number of carbonyl (C=O) groups excluding carboxylic acids is 1. The largest absolute Gasteiger partial charge is 0.321 e. The summed E-state index contributed by atoms with van der Waals surface area (Å²) >= 11 is 1.64. The third kappa shape index (κ3) is 4.14. The predicted molar refractivity (Wildman–Crippen MR) is 88.7 cm³/mol. The maximum absolute atomic E-state index is 12.6. The van der Waals surface area contributed by atoms with E-state index in [1.807, 2.05) is 17.2 Å². The summed E-state index contributed by atoms with van der Waals surface area (Å²) in [5.74, 6) is 1.82. The van der Waals surface area contributed by atoms with Crippen LogP contribution in [0.15, 0.2) is 16.8 Å². The second-order valence-electron chi connectivity index (χ2n) is 5.77. The van der Waals surface area contributed by atoms with Crippen molar-refractivity contribution in [3.8, 4) is 0 Å². The Morgan fingerprint density at radius 3 is 2.81 bits per heavy atom. The van der Waals surface area contributed by atoms with Gasteiger partial charge in [-0.05, 0) is 34.7 Å². The zero-order valence-corrected chi connectivity index (χ0v) is 14.5. The lowest BCUT2D eigenvalue weighted by Crippen LogP contribution is -2.34. The maximum atomic E-state index is 12.6. The van der Waals surface area contributed by atoms with Gasteiger partial charge in [0, 0.05) is 28.9 Å². The van der Waals surface area contributed by atoms with Crippen LogP contribution < -0.4 is 5.32 Å². The third-order valence-electron chi connectivity index (χ3n) is 3.70. The highest BCUT2D eigenvalue weighted by Gasteiger charge is 2.39. The molecule has 1 aromatic heterocycles. The Morgan fingerprint density at radius 2 is 2.24 bits per heavy atom. The Morgan fingerprint density at radius 1 is 1.48 bits per heavy atom. The molecule has 6 heteroatoms. The smallest absolute Gasteiger partial charge is 0.241 e. The minimum atomic E-state index is -0.841. The Balaban J connectivity index is 2.12. The van der Waals surface area contributed by atoms with E-state index in [0.717, 1.165) is 12.0 Å². The van der Waals surface area contributed by atoms with Crippen LogP contribution in [0.2, 0.25) is 0 Å². The van der Waals surface area contributed by atoms with Gasteiger partial charge in [-0.1, -0.05) is 20.8 Å². The van der Waals surface area contributed by atoms with E-state index >= 15 is 0 Å². The fourth-order valence-corrected chi connectivity index (χ4v) is 3.98. The zero-order valence-electron chi connectivity index (χ0n) is 12.9. The first-order chi connectivity index (χ1) is 10.0. The van der Waals surface area contributed by atoms with Crippen molar-refractivity contribution in [2.75, 3.05) is 18.1 Å². The standard InChI is InChI=1S/C15H24N2O2S2/c1-4-21(19)8-6-17-14(12-5-7-20-10-12)16-13(15(17)18)9-11(2)3/h5,7,10-11,13-14,16H,4,6,8-9H2,1-3H3. The van der Waals surface area contributed by atoms with Crippen LogP contribution in [-0.4, -0.2) is 39.1 Å². The van der Waals surface area contributed by atoms with Crippen molar-refractivity contribution < 1.29 is 9.00 Å². The number of rotatable bonds is 7. The van der Waals surface area contributed by atoms with Gasteiger partial charge in [-0.3, -0.25) is 14.3 Å². The number of carbonyl (C=O) groups is 1. The molecule has 1 aliphatic heterocycles. The minimum Gasteiger partial charge on any atom is -0.321 e. The highest BCUT2D eigenvalue weighted by atomic mass is 32.2. The third-order valence-corrected chi connectivity index (χ3v) is 5.68. The molecule has 1 N–H and O–H groups in total. The van der Waals surface area contributed by atoms with Crippen molar-refractivity contribution in [3.05, 3.63) is 22.4 Å². The van der Waals surface area contributed by atoms with Gasteiger partial charge in [-0.25, -0.2) is 0 Å². The van der Waals surface area contributed by atoms with Gasteiger partial charge in [-0.2, -0.15) is 11.3 Å². The van der Waals surface area contributed by atoms with Gasteiger partial charge in [0.15, 0.2) is 0 Å². The quantitative estimate of drug-likeness (QED) is 0.836. The summed E-state index contributed by atoms with van der Waals surface area (Å²) in [6.07, 6.45) is 0.772. The molecule has 0 spiro atoms. The molecule has 2 rings (SSSR count). The number of nitrogens with one attached hydrogen (secondary N) is 1. The van der Waals surface area contributed by atoms with Crippen LogP contribution in [0.3, 0.4) is 0 Å². The van der Waals surface area contributed by atoms with E-state index < -0.39 is 10.8 Å². The van der Waals surface area contributed by atoms with Crippen LogP contribution in [0.1, 0.15) is 38.9 Å². The number of hydrogen-bond acceptors (Lipinski definition) is 4. The molecule has 3 atom stereocenters. The fraction of sp³-hybridized carbons (Fsp3) is 0.667. The van der Waals surface area contributed by atoms with Gasteiger partial charge in [0.2, 0.25) is 5.91 Å². The van der Waals surface area contributed by atoms with Crippen LogP contribution in [0.4, 0.5) is 0 Å². The second kappa shape index (κ2) is 7.51. The Hall–Kier alpha value is -0.720. The first-order valence-corrected chi connectivity index (χ1v) is 9.89. The average molecular weight is 329 g/mol. The maximum Gasteiger partial charge on any atom is 0.241 e. The predicted octanol–water partition coefficient (Wildman–Crippen LogP) is 2.36. The summed E-state index contributed by atoms with van der Waals surface area (Å²) in [5.41, 5.74) is 1.13. The van der Waals surface area contributed by atoms with Crippen molar-refractivity contribution in [1.82, 2.24) is 10.2 Å². The molecule has 21 heavy (non-hydrogen) atoms. The van der Waals surface area contributed by atoms with Crippen molar-refractivity contribution in [2.45, 2.75) is 39.4 Å². The lowest BCUT2D eigenvalue weighted by atomic mass is 10.0. The molecule has 0 saturated carbocycles. The molecule has 0 radical (unpaired) electrons. The molecule has 1 aromatic rings. The number of thiophene rings is 1. The van der Waals surface area contributed by atoms with E-state index in [1.165, 1.54) is 0 Å². The second-order valence-corrected chi connectivity index (χ2v) is 8.42. The monoisotopic (exact) mass is 328 g/mol. The fourth-order valence-electron chi connectivity index (χ4n) is 2.61. The molecule has 0 aliphatic carbocycles. The van der Waals surface area contributed by atoms with Crippen LogP contribution in [0.25, 0.3) is 0 Å². The van der Waals surface area contributed by atoms with Gasteiger partial charge in [-0.15, -0.1) is 0 Å². The number of amides is 1. The van der Waals surface area contributed by atoms with E-state index in [0.29, 0.717) is 24.0 Å². The van der Waals surface area contributed by atoms with E-state index in [9.17, 15) is 9.00 Å². The molecule has 1 aliphatic rings. The summed E-state index contributed by atoms with van der Waals surface area (Å²) in [4.78, 5) is 14.5. The van der Waals surface area contributed by atoms with E-state index in [-0.39, 0.29) is 18.1 Å².